The summed E-state index contributed by atoms with van der Waals surface area (Å²) in [5.74, 6) is -0.786. The van der Waals surface area contributed by atoms with Crippen LogP contribution in [0.25, 0.3) is 0 Å². The molecule has 1 aromatic carbocycles. The molecule has 1 N–H and O–H groups in total. The maximum absolute atomic E-state index is 13.6. The second-order valence-corrected chi connectivity index (χ2v) is 4.54. The Labute approximate surface area is 122 Å². The number of ether oxygens (including phenoxy) is 2. The zero-order valence-electron chi connectivity index (χ0n) is 12.5. The maximum Gasteiger partial charge on any atom is 0.413 e. The van der Waals surface area contributed by atoms with Gasteiger partial charge in [-0.05, 0) is 31.7 Å². The first kappa shape index (κ1) is 16.9. The van der Waals surface area contributed by atoms with E-state index in [0.717, 1.165) is 0 Å². The van der Waals surface area contributed by atoms with Crippen molar-refractivity contribution in [1.82, 2.24) is 10.2 Å². The smallest absolute Gasteiger partial charge is 0.413 e. The number of rotatable bonds is 5. The molecule has 0 saturated carbocycles. The predicted molar refractivity (Wildman–Crippen MR) is 74.4 cm³/mol. The monoisotopic (exact) mass is 298 g/mol. The van der Waals surface area contributed by atoms with Gasteiger partial charge in [0.05, 0.1) is 20.3 Å². The van der Waals surface area contributed by atoms with Crippen LogP contribution in [0.15, 0.2) is 18.2 Å². The number of nitrogens with zero attached hydrogens (tertiary/aromatic N) is 1. The highest BCUT2D eigenvalue weighted by atomic mass is 19.1. The van der Waals surface area contributed by atoms with Crippen LogP contribution >= 0.6 is 0 Å². The van der Waals surface area contributed by atoms with Crippen molar-refractivity contribution >= 4 is 12.0 Å². The van der Waals surface area contributed by atoms with Gasteiger partial charge < -0.3 is 9.47 Å². The average Bonchev–Trinajstić information content (AvgIpc) is 2.46. The molecule has 0 aliphatic heterocycles. The summed E-state index contributed by atoms with van der Waals surface area (Å²) in [4.78, 5) is 24.4. The molecule has 21 heavy (non-hydrogen) atoms. The van der Waals surface area contributed by atoms with E-state index >= 15 is 0 Å². The summed E-state index contributed by atoms with van der Waals surface area (Å²) in [5.41, 5.74) is 0.688. The quantitative estimate of drug-likeness (QED) is 0.893. The van der Waals surface area contributed by atoms with Crippen molar-refractivity contribution in [3.05, 3.63) is 29.6 Å². The molecule has 7 heteroatoms. The van der Waals surface area contributed by atoms with Crippen molar-refractivity contribution < 1.29 is 23.5 Å². The molecular formula is C14H19FN2O4. The molecule has 116 valence electrons. The third kappa shape index (κ3) is 4.71. The van der Waals surface area contributed by atoms with E-state index in [1.165, 1.54) is 26.4 Å². The number of benzene rings is 1. The van der Waals surface area contributed by atoms with Gasteiger partial charge in [0.2, 0.25) is 5.91 Å². The molecule has 2 amide bonds. The van der Waals surface area contributed by atoms with E-state index in [4.69, 9.17) is 4.74 Å². The number of likely N-dealkylation sites (N-methyl/N-ethyl adjacent to an activating group) is 1. The van der Waals surface area contributed by atoms with Gasteiger partial charge >= 0.3 is 6.09 Å². The zero-order valence-corrected chi connectivity index (χ0v) is 12.5. The molecule has 0 aliphatic carbocycles. The Kier molecular flexibility index (Phi) is 6.10. The number of amides is 2. The number of carbonyl (C=O) groups excluding carboxylic acids is 2. The Morgan fingerprint density at radius 1 is 1.38 bits per heavy atom. The van der Waals surface area contributed by atoms with Crippen LogP contribution in [0, 0.1) is 5.82 Å². The van der Waals surface area contributed by atoms with Crippen molar-refractivity contribution in [2.45, 2.75) is 19.5 Å². The topological polar surface area (TPSA) is 67.9 Å². The highest BCUT2D eigenvalue weighted by Gasteiger charge is 2.20. The molecule has 0 bridgehead atoms. The van der Waals surface area contributed by atoms with Crippen LogP contribution in [0.4, 0.5) is 9.18 Å². The minimum atomic E-state index is -0.809. The zero-order chi connectivity index (χ0) is 16.0. The van der Waals surface area contributed by atoms with Crippen LogP contribution in [0.2, 0.25) is 0 Å². The van der Waals surface area contributed by atoms with Gasteiger partial charge in [-0.25, -0.2) is 9.18 Å². The van der Waals surface area contributed by atoms with Gasteiger partial charge in [0.15, 0.2) is 11.6 Å². The van der Waals surface area contributed by atoms with Crippen molar-refractivity contribution in [3.63, 3.8) is 0 Å². The lowest BCUT2D eigenvalue weighted by molar-refractivity contribution is -0.124. The number of carbonyl (C=O) groups is 2. The molecular weight excluding hydrogens is 279 g/mol. The third-order valence-electron chi connectivity index (χ3n) is 3.10. The molecule has 1 atom stereocenters. The minimum Gasteiger partial charge on any atom is -0.494 e. The maximum atomic E-state index is 13.6. The van der Waals surface area contributed by atoms with Crippen molar-refractivity contribution in [3.8, 4) is 5.75 Å². The fraction of sp³-hybridized carbons (Fsp3) is 0.429. The van der Waals surface area contributed by atoms with Crippen LogP contribution < -0.4 is 10.1 Å². The van der Waals surface area contributed by atoms with E-state index in [9.17, 15) is 14.0 Å². The number of nitrogens with one attached hydrogen (secondary N) is 1. The Hall–Kier alpha value is -2.15. The second-order valence-electron chi connectivity index (χ2n) is 4.54. The number of methoxy groups -OCH3 is 2. The van der Waals surface area contributed by atoms with E-state index in [0.29, 0.717) is 12.1 Å². The standard InChI is InChI=1S/C14H19FN2O4/c1-9(13(18)16-14(19)21-4)17(2)8-10-5-6-12(20-3)11(15)7-10/h5-7,9H,8H2,1-4H3,(H,16,18,19)/t9-/m0/s1. The molecule has 0 aromatic heterocycles. The highest BCUT2D eigenvalue weighted by molar-refractivity contribution is 5.94. The van der Waals surface area contributed by atoms with E-state index < -0.39 is 23.9 Å². The lowest BCUT2D eigenvalue weighted by Crippen LogP contribution is -2.45. The summed E-state index contributed by atoms with van der Waals surface area (Å²) in [6.45, 7) is 1.98. The van der Waals surface area contributed by atoms with Crippen LogP contribution in [-0.4, -0.2) is 44.2 Å². The molecule has 0 spiro atoms. The lowest BCUT2D eigenvalue weighted by Gasteiger charge is -2.23. The molecule has 6 nitrogen and oxygen atoms in total. The van der Waals surface area contributed by atoms with Crippen LogP contribution in [0.5, 0.6) is 5.75 Å². The SMILES string of the molecule is COC(=O)NC(=O)[C@H](C)N(C)Cc1ccc(OC)c(F)c1. The van der Waals surface area contributed by atoms with Gasteiger partial charge in [-0.15, -0.1) is 0 Å². The number of hydrogen-bond donors (Lipinski definition) is 1. The molecule has 0 heterocycles. The number of alkyl carbamates (subject to hydrolysis) is 1. The average molecular weight is 298 g/mol. The molecule has 0 radical (unpaired) electrons. The van der Waals surface area contributed by atoms with Gasteiger partial charge in [-0.1, -0.05) is 6.07 Å². The van der Waals surface area contributed by atoms with Gasteiger partial charge in [-0.2, -0.15) is 0 Å². The molecule has 0 aliphatic rings. The summed E-state index contributed by atoms with van der Waals surface area (Å²) in [6, 6.07) is 4.01. The summed E-state index contributed by atoms with van der Waals surface area (Å²) in [7, 11) is 4.27. The van der Waals surface area contributed by atoms with E-state index in [1.54, 1.807) is 24.9 Å². The lowest BCUT2D eigenvalue weighted by atomic mass is 10.1. The normalized spacial score (nSPS) is 11.9. The molecule has 0 fully saturated rings. The van der Waals surface area contributed by atoms with Crippen molar-refractivity contribution in [2.75, 3.05) is 21.3 Å². The fourth-order valence-corrected chi connectivity index (χ4v) is 1.69. The van der Waals surface area contributed by atoms with E-state index in [2.05, 4.69) is 10.1 Å². The summed E-state index contributed by atoms with van der Waals surface area (Å²) in [6.07, 6.45) is -0.809. The third-order valence-corrected chi connectivity index (χ3v) is 3.10. The summed E-state index contributed by atoms with van der Waals surface area (Å²) >= 11 is 0. The van der Waals surface area contributed by atoms with E-state index in [1.807, 2.05) is 0 Å². The van der Waals surface area contributed by atoms with Crippen LogP contribution in [0.3, 0.4) is 0 Å². The predicted octanol–water partition coefficient (Wildman–Crippen LogP) is 1.54. The highest BCUT2D eigenvalue weighted by Crippen LogP contribution is 2.18. The number of hydrogen-bond acceptors (Lipinski definition) is 5. The Morgan fingerprint density at radius 3 is 2.57 bits per heavy atom. The fourth-order valence-electron chi connectivity index (χ4n) is 1.69. The number of halogens is 1. The van der Waals surface area contributed by atoms with Crippen molar-refractivity contribution in [2.24, 2.45) is 0 Å². The van der Waals surface area contributed by atoms with Gasteiger partial charge in [-0.3, -0.25) is 15.0 Å². The summed E-state index contributed by atoms with van der Waals surface area (Å²) < 4.78 is 22.8. The molecule has 1 rings (SSSR count). The Balaban J connectivity index is 2.67. The Morgan fingerprint density at radius 2 is 2.05 bits per heavy atom. The Bertz CT molecular complexity index is 522. The van der Waals surface area contributed by atoms with E-state index in [-0.39, 0.29) is 5.75 Å². The minimum absolute atomic E-state index is 0.165. The second kappa shape index (κ2) is 7.58. The van der Waals surface area contributed by atoms with Crippen molar-refractivity contribution in [1.29, 1.82) is 0 Å². The van der Waals surface area contributed by atoms with Gasteiger partial charge in [0.1, 0.15) is 0 Å². The van der Waals surface area contributed by atoms with Crippen LogP contribution in [0.1, 0.15) is 12.5 Å². The first-order valence-electron chi connectivity index (χ1n) is 6.30. The van der Waals surface area contributed by atoms with Gasteiger partial charge in [0.25, 0.3) is 0 Å². The first-order valence-corrected chi connectivity index (χ1v) is 6.30. The van der Waals surface area contributed by atoms with Gasteiger partial charge in [0, 0.05) is 6.54 Å². The first-order chi connectivity index (χ1) is 9.88. The molecule has 0 saturated heterocycles. The number of imide groups is 1. The summed E-state index contributed by atoms with van der Waals surface area (Å²) in [5, 5.41) is 2.09. The molecule has 0 unspecified atom stereocenters. The largest absolute Gasteiger partial charge is 0.494 e. The van der Waals surface area contributed by atoms with Crippen LogP contribution in [-0.2, 0) is 16.1 Å². The molecule has 1 aromatic rings.